The first kappa shape index (κ1) is 15.9. The summed E-state index contributed by atoms with van der Waals surface area (Å²) in [4.78, 5) is 21.9. The predicted molar refractivity (Wildman–Crippen MR) is 107 cm³/mol. The second-order valence-corrected chi connectivity index (χ2v) is 7.07. The molecule has 27 heavy (non-hydrogen) atoms. The maximum atomic E-state index is 10.8. The molecule has 6 heteroatoms. The van der Waals surface area contributed by atoms with Crippen LogP contribution in [-0.2, 0) is 6.42 Å². The van der Waals surface area contributed by atoms with Crippen molar-refractivity contribution >= 4 is 23.0 Å². The summed E-state index contributed by atoms with van der Waals surface area (Å²) in [7, 11) is 0. The topological polar surface area (TPSA) is 70.5 Å². The number of nitroso groups, excluding NO2 is 1. The molecule has 0 saturated heterocycles. The van der Waals surface area contributed by atoms with Gasteiger partial charge >= 0.3 is 0 Å². The molecule has 5 rings (SSSR count). The van der Waals surface area contributed by atoms with E-state index in [0.29, 0.717) is 11.7 Å². The monoisotopic (exact) mass is 357 g/mol. The van der Waals surface area contributed by atoms with Crippen molar-refractivity contribution in [1.82, 2.24) is 9.97 Å². The molecule has 1 N–H and O–H groups in total. The second-order valence-electron chi connectivity index (χ2n) is 7.07. The summed E-state index contributed by atoms with van der Waals surface area (Å²) in [5.74, 6) is 1.80. The van der Waals surface area contributed by atoms with Gasteiger partial charge in [0.05, 0.1) is 0 Å². The Morgan fingerprint density at radius 3 is 2.78 bits per heavy atom. The van der Waals surface area contributed by atoms with Gasteiger partial charge in [-0.25, -0.2) is 9.97 Å². The standard InChI is InChI=1S/C21H19N5O/c27-25-18-3-1-2-15(10-18)16-5-4-14-8-9-26(19(14)11-16)21-12-20(22-13-23-21)24-17-6-7-17/h1-5,10-13,17H,6-9H2,(H,22,23,24). The largest absolute Gasteiger partial charge is 0.367 e. The van der Waals surface area contributed by atoms with Crippen molar-refractivity contribution in [3.8, 4) is 11.1 Å². The van der Waals surface area contributed by atoms with Crippen molar-refractivity contribution in [1.29, 1.82) is 0 Å². The quantitative estimate of drug-likeness (QED) is 0.664. The minimum atomic E-state index is 0.441. The number of nitrogens with one attached hydrogen (secondary N) is 1. The minimum absolute atomic E-state index is 0.441. The molecule has 0 bridgehead atoms. The normalized spacial score (nSPS) is 15.5. The van der Waals surface area contributed by atoms with Gasteiger partial charge in [0, 0.05) is 24.3 Å². The van der Waals surface area contributed by atoms with Gasteiger partial charge in [-0.2, -0.15) is 0 Å². The number of aromatic nitrogens is 2. The highest BCUT2D eigenvalue weighted by atomic mass is 16.3. The van der Waals surface area contributed by atoms with Crippen molar-refractivity contribution in [3.05, 3.63) is 65.3 Å². The molecule has 1 aliphatic carbocycles. The minimum Gasteiger partial charge on any atom is -0.367 e. The molecule has 0 radical (unpaired) electrons. The van der Waals surface area contributed by atoms with Crippen LogP contribution in [0.3, 0.4) is 0 Å². The fourth-order valence-electron chi connectivity index (χ4n) is 3.55. The van der Waals surface area contributed by atoms with Crippen LogP contribution in [0.15, 0.2) is 60.0 Å². The van der Waals surface area contributed by atoms with Crippen LogP contribution in [0.1, 0.15) is 18.4 Å². The van der Waals surface area contributed by atoms with Crippen LogP contribution in [0.25, 0.3) is 11.1 Å². The SMILES string of the molecule is O=Nc1cccc(-c2ccc3c(c2)N(c2cc(NC4CC4)ncn2)CC3)c1. The van der Waals surface area contributed by atoms with Crippen LogP contribution in [0, 0.1) is 4.91 Å². The molecule has 2 heterocycles. The van der Waals surface area contributed by atoms with Crippen molar-refractivity contribution in [3.63, 3.8) is 0 Å². The summed E-state index contributed by atoms with van der Waals surface area (Å²) in [5, 5.41) is 6.48. The first-order valence-corrected chi connectivity index (χ1v) is 9.23. The number of fused-ring (bicyclic) bond motifs is 1. The summed E-state index contributed by atoms with van der Waals surface area (Å²) in [6.45, 7) is 0.897. The Balaban J connectivity index is 1.49. The van der Waals surface area contributed by atoms with E-state index in [2.05, 4.69) is 43.6 Å². The Hall–Kier alpha value is -3.28. The van der Waals surface area contributed by atoms with E-state index in [4.69, 9.17) is 0 Å². The summed E-state index contributed by atoms with van der Waals surface area (Å²) in [6, 6.07) is 16.4. The molecule has 6 nitrogen and oxygen atoms in total. The number of hydrogen-bond donors (Lipinski definition) is 1. The van der Waals surface area contributed by atoms with Crippen LogP contribution in [0.5, 0.6) is 0 Å². The highest BCUT2D eigenvalue weighted by Gasteiger charge is 2.24. The number of anilines is 3. The van der Waals surface area contributed by atoms with E-state index in [-0.39, 0.29) is 0 Å². The lowest BCUT2D eigenvalue weighted by Crippen LogP contribution is -2.15. The zero-order valence-corrected chi connectivity index (χ0v) is 14.8. The van der Waals surface area contributed by atoms with Gasteiger partial charge in [0.2, 0.25) is 0 Å². The zero-order valence-electron chi connectivity index (χ0n) is 14.8. The van der Waals surface area contributed by atoms with E-state index in [1.807, 2.05) is 24.3 Å². The lowest BCUT2D eigenvalue weighted by atomic mass is 10.0. The van der Waals surface area contributed by atoms with E-state index in [1.54, 1.807) is 12.4 Å². The van der Waals surface area contributed by atoms with E-state index < -0.39 is 0 Å². The van der Waals surface area contributed by atoms with Crippen LogP contribution < -0.4 is 10.2 Å². The number of hydrogen-bond acceptors (Lipinski definition) is 6. The van der Waals surface area contributed by atoms with Crippen molar-refractivity contribution in [2.24, 2.45) is 5.18 Å². The number of nitrogens with zero attached hydrogens (tertiary/aromatic N) is 4. The summed E-state index contributed by atoms with van der Waals surface area (Å²) < 4.78 is 0. The molecule has 2 aliphatic rings. The Morgan fingerprint density at radius 1 is 1.04 bits per heavy atom. The number of benzene rings is 2. The molecule has 2 aromatic carbocycles. The summed E-state index contributed by atoms with van der Waals surface area (Å²) in [6.07, 6.45) is 5.04. The molecule has 1 aromatic heterocycles. The average Bonchev–Trinajstić information content (AvgIpc) is 3.43. The third-order valence-corrected chi connectivity index (χ3v) is 5.12. The fourth-order valence-corrected chi connectivity index (χ4v) is 3.55. The second kappa shape index (κ2) is 6.46. The van der Waals surface area contributed by atoms with E-state index in [1.165, 1.54) is 18.4 Å². The molecule has 0 atom stereocenters. The highest BCUT2D eigenvalue weighted by Crippen LogP contribution is 2.37. The summed E-state index contributed by atoms with van der Waals surface area (Å²) in [5.41, 5.74) is 4.96. The van der Waals surface area contributed by atoms with Gasteiger partial charge in [-0.1, -0.05) is 24.3 Å². The predicted octanol–water partition coefficient (Wildman–Crippen LogP) is 4.81. The van der Waals surface area contributed by atoms with Gasteiger partial charge in [-0.15, -0.1) is 4.91 Å². The molecule has 1 saturated carbocycles. The van der Waals surface area contributed by atoms with Crippen molar-refractivity contribution in [2.45, 2.75) is 25.3 Å². The maximum absolute atomic E-state index is 10.8. The Morgan fingerprint density at radius 2 is 1.93 bits per heavy atom. The molecule has 0 amide bonds. The molecule has 3 aromatic rings. The van der Waals surface area contributed by atoms with E-state index in [0.717, 1.165) is 41.4 Å². The first-order chi connectivity index (χ1) is 13.3. The van der Waals surface area contributed by atoms with Crippen molar-refractivity contribution in [2.75, 3.05) is 16.8 Å². The zero-order chi connectivity index (χ0) is 18.2. The highest BCUT2D eigenvalue weighted by molar-refractivity contribution is 5.77. The van der Waals surface area contributed by atoms with Crippen LogP contribution >= 0.6 is 0 Å². The van der Waals surface area contributed by atoms with Gasteiger partial charge in [0.15, 0.2) is 0 Å². The van der Waals surface area contributed by atoms with Gasteiger partial charge in [0.1, 0.15) is 23.7 Å². The third-order valence-electron chi connectivity index (χ3n) is 5.12. The van der Waals surface area contributed by atoms with E-state index in [9.17, 15) is 4.91 Å². The molecule has 1 fully saturated rings. The van der Waals surface area contributed by atoms with E-state index >= 15 is 0 Å². The lowest BCUT2D eigenvalue weighted by Gasteiger charge is -2.19. The van der Waals surface area contributed by atoms with Crippen LogP contribution in [0.2, 0.25) is 0 Å². The molecular formula is C21H19N5O. The molecule has 1 aliphatic heterocycles. The average molecular weight is 357 g/mol. The Labute approximate surface area is 157 Å². The third kappa shape index (κ3) is 3.14. The first-order valence-electron chi connectivity index (χ1n) is 9.23. The maximum Gasteiger partial charge on any atom is 0.138 e. The number of rotatable bonds is 5. The Kier molecular flexibility index (Phi) is 3.81. The molecular weight excluding hydrogens is 338 g/mol. The van der Waals surface area contributed by atoms with Crippen LogP contribution in [-0.4, -0.2) is 22.6 Å². The van der Waals surface area contributed by atoms with Gasteiger partial charge in [-0.3, -0.25) is 0 Å². The molecule has 0 spiro atoms. The molecule has 134 valence electrons. The smallest absolute Gasteiger partial charge is 0.138 e. The van der Waals surface area contributed by atoms with Gasteiger partial charge < -0.3 is 10.2 Å². The fraction of sp³-hybridized carbons (Fsp3) is 0.238. The van der Waals surface area contributed by atoms with Crippen molar-refractivity contribution < 1.29 is 0 Å². The Bertz CT molecular complexity index is 1010. The van der Waals surface area contributed by atoms with Gasteiger partial charge in [0.25, 0.3) is 0 Å². The van der Waals surface area contributed by atoms with Crippen LogP contribution in [0.4, 0.5) is 23.0 Å². The summed E-state index contributed by atoms with van der Waals surface area (Å²) >= 11 is 0. The lowest BCUT2D eigenvalue weighted by molar-refractivity contribution is 0.961. The van der Waals surface area contributed by atoms with Gasteiger partial charge in [-0.05, 0) is 59.3 Å². The molecule has 0 unspecified atom stereocenters.